The fourth-order valence-corrected chi connectivity index (χ4v) is 1.66. The molecular formula is C10H9NO2S2. The lowest BCUT2D eigenvalue weighted by molar-refractivity contribution is -0.116. The monoisotopic (exact) mass is 239 g/mol. The molecule has 0 spiro atoms. The quantitative estimate of drug-likeness (QED) is 0.597. The third kappa shape index (κ3) is 4.71. The second-order valence-electron chi connectivity index (χ2n) is 2.65. The maximum Gasteiger partial charge on any atom is 0.235 e. The average Bonchev–Trinajstić information content (AvgIpc) is 2.65. The van der Waals surface area contributed by atoms with Crippen LogP contribution in [0, 0.1) is 0 Å². The van der Waals surface area contributed by atoms with Crippen molar-refractivity contribution in [2.24, 2.45) is 0 Å². The van der Waals surface area contributed by atoms with Gasteiger partial charge in [-0.25, -0.2) is 0 Å². The molecule has 1 fully saturated rings. The minimum absolute atomic E-state index is 0.0231. The average molecular weight is 239 g/mol. The van der Waals surface area contributed by atoms with Crippen molar-refractivity contribution < 1.29 is 9.59 Å². The van der Waals surface area contributed by atoms with E-state index in [9.17, 15) is 9.59 Å². The van der Waals surface area contributed by atoms with Crippen molar-refractivity contribution in [2.75, 3.05) is 5.75 Å². The van der Waals surface area contributed by atoms with Gasteiger partial charge in [0.25, 0.3) is 0 Å². The third-order valence-electron chi connectivity index (χ3n) is 1.51. The molecule has 2 rings (SSSR count). The number of amides is 1. The first-order chi connectivity index (χ1) is 7.22. The summed E-state index contributed by atoms with van der Waals surface area (Å²) in [6.45, 7) is 0. The van der Waals surface area contributed by atoms with Gasteiger partial charge in [-0.3, -0.25) is 9.59 Å². The van der Waals surface area contributed by atoms with Gasteiger partial charge in [-0.2, -0.15) is 0 Å². The van der Waals surface area contributed by atoms with Crippen molar-refractivity contribution in [3.8, 4) is 0 Å². The van der Waals surface area contributed by atoms with Gasteiger partial charge in [0.05, 0.1) is 5.75 Å². The Balaban J connectivity index is 0.000000151. The number of hydrogen-bond donors (Lipinski definition) is 1. The zero-order valence-corrected chi connectivity index (χ0v) is 9.44. The molecule has 15 heavy (non-hydrogen) atoms. The van der Waals surface area contributed by atoms with Crippen LogP contribution in [0.1, 0.15) is 10.4 Å². The highest BCUT2D eigenvalue weighted by atomic mass is 32.2. The summed E-state index contributed by atoms with van der Waals surface area (Å²) in [7, 11) is 0. The van der Waals surface area contributed by atoms with Crippen LogP contribution in [0.4, 0.5) is 0 Å². The molecule has 0 aliphatic carbocycles. The van der Waals surface area contributed by atoms with E-state index in [4.69, 9.17) is 0 Å². The molecule has 1 aromatic carbocycles. The summed E-state index contributed by atoms with van der Waals surface area (Å²) >= 11 is 6.00. The van der Waals surface area contributed by atoms with Crippen molar-refractivity contribution >= 4 is 40.5 Å². The number of thioether (sulfide) groups is 1. The predicted molar refractivity (Wildman–Crippen MR) is 65.0 cm³/mol. The molecule has 1 aliphatic heterocycles. The van der Waals surface area contributed by atoms with Crippen molar-refractivity contribution in [2.45, 2.75) is 0 Å². The van der Waals surface area contributed by atoms with Gasteiger partial charge in [0.2, 0.25) is 5.91 Å². The van der Waals surface area contributed by atoms with Crippen LogP contribution in [0.3, 0.4) is 0 Å². The summed E-state index contributed by atoms with van der Waals surface area (Å²) in [5.74, 6) is 0.522. The molecule has 1 amide bonds. The van der Waals surface area contributed by atoms with Crippen LogP contribution in [-0.2, 0) is 4.79 Å². The van der Waals surface area contributed by atoms with Gasteiger partial charge in [-0.05, 0) is 0 Å². The van der Waals surface area contributed by atoms with Gasteiger partial charge in [-0.15, -0.1) is 0 Å². The molecule has 0 aromatic heterocycles. The van der Waals surface area contributed by atoms with E-state index in [-0.39, 0.29) is 5.91 Å². The van der Waals surface area contributed by atoms with Crippen LogP contribution in [0.25, 0.3) is 0 Å². The van der Waals surface area contributed by atoms with Crippen LogP contribution in [0.15, 0.2) is 30.3 Å². The number of aldehydes is 1. The first kappa shape index (κ1) is 11.9. The molecule has 1 heterocycles. The molecule has 3 nitrogen and oxygen atoms in total. The Morgan fingerprint density at radius 2 is 2.00 bits per heavy atom. The van der Waals surface area contributed by atoms with E-state index in [1.807, 2.05) is 18.2 Å². The Labute approximate surface area is 97.2 Å². The summed E-state index contributed by atoms with van der Waals surface area (Å²) in [6, 6.07) is 9.10. The lowest BCUT2D eigenvalue weighted by atomic mass is 10.2. The lowest BCUT2D eigenvalue weighted by Gasteiger charge is -1.81. The highest BCUT2D eigenvalue weighted by molar-refractivity contribution is 8.24. The van der Waals surface area contributed by atoms with E-state index < -0.39 is 0 Å². The summed E-state index contributed by atoms with van der Waals surface area (Å²) in [4.78, 5) is 20.2. The maximum atomic E-state index is 10.2. The minimum Gasteiger partial charge on any atom is -0.311 e. The lowest BCUT2D eigenvalue weighted by Crippen LogP contribution is -2.18. The Bertz CT molecular complexity index is 351. The van der Waals surface area contributed by atoms with Crippen molar-refractivity contribution in [1.29, 1.82) is 0 Å². The number of carbonyl (C=O) groups excluding carboxylic acids is 2. The number of benzene rings is 1. The molecule has 5 heteroatoms. The van der Waals surface area contributed by atoms with Crippen LogP contribution in [0.2, 0.25) is 0 Å². The molecule has 1 aromatic rings. The summed E-state index contributed by atoms with van der Waals surface area (Å²) in [5.41, 5.74) is 0.729. The van der Waals surface area contributed by atoms with E-state index in [1.165, 1.54) is 11.8 Å². The van der Waals surface area contributed by atoms with Crippen LogP contribution in [-0.4, -0.2) is 22.3 Å². The molecule has 78 valence electrons. The van der Waals surface area contributed by atoms with Crippen LogP contribution >= 0.6 is 24.0 Å². The predicted octanol–water partition coefficient (Wildman–Crippen LogP) is 1.63. The molecule has 1 aliphatic rings. The second-order valence-corrected chi connectivity index (χ2v) is 4.31. The smallest absolute Gasteiger partial charge is 0.235 e. The molecular weight excluding hydrogens is 230 g/mol. The normalized spacial score (nSPS) is 13.9. The summed E-state index contributed by atoms with van der Waals surface area (Å²) < 4.78 is 0.602. The molecule has 0 radical (unpaired) electrons. The topological polar surface area (TPSA) is 46.2 Å². The molecule has 1 N–H and O–H groups in total. The first-order valence-electron chi connectivity index (χ1n) is 4.19. The van der Waals surface area contributed by atoms with Gasteiger partial charge in [0, 0.05) is 5.56 Å². The molecule has 0 unspecified atom stereocenters. The first-order valence-corrected chi connectivity index (χ1v) is 5.58. The van der Waals surface area contributed by atoms with E-state index in [0.29, 0.717) is 10.1 Å². The third-order valence-corrected chi connectivity index (χ3v) is 2.74. The Hall–Kier alpha value is -1.20. The fraction of sp³-hybridized carbons (Fsp3) is 0.100. The molecule has 0 saturated carbocycles. The minimum atomic E-state index is 0.0231. The van der Waals surface area contributed by atoms with Gasteiger partial charge >= 0.3 is 0 Å². The summed E-state index contributed by atoms with van der Waals surface area (Å²) in [5, 5.41) is 2.47. The highest BCUT2D eigenvalue weighted by Crippen LogP contribution is 2.06. The Morgan fingerprint density at radius 1 is 1.33 bits per heavy atom. The van der Waals surface area contributed by atoms with E-state index in [0.717, 1.165) is 11.8 Å². The maximum absolute atomic E-state index is 10.2. The molecule has 0 atom stereocenters. The zero-order chi connectivity index (χ0) is 11.1. The Kier molecular flexibility index (Phi) is 5.00. The number of carbonyl (C=O) groups is 2. The fourth-order valence-electron chi connectivity index (χ4n) is 0.849. The molecule has 1 saturated heterocycles. The standard InChI is InChI=1S/C7H6O.C3H3NOS2/c8-6-7-4-2-1-3-5-7;5-2-1-7-3(6)4-2/h1-6H;1H2,(H,4,5,6). The van der Waals surface area contributed by atoms with Crippen LogP contribution < -0.4 is 5.32 Å². The van der Waals surface area contributed by atoms with Gasteiger partial charge in [0.15, 0.2) is 0 Å². The van der Waals surface area contributed by atoms with Gasteiger partial charge in [0.1, 0.15) is 10.6 Å². The Morgan fingerprint density at radius 3 is 2.27 bits per heavy atom. The molecule has 0 bridgehead atoms. The van der Waals surface area contributed by atoms with Gasteiger partial charge in [-0.1, -0.05) is 54.3 Å². The number of hydrogen-bond acceptors (Lipinski definition) is 4. The summed E-state index contributed by atoms with van der Waals surface area (Å²) in [6.07, 6.45) is 0.833. The van der Waals surface area contributed by atoms with Gasteiger partial charge < -0.3 is 5.32 Å². The van der Waals surface area contributed by atoms with E-state index >= 15 is 0 Å². The zero-order valence-electron chi connectivity index (χ0n) is 7.80. The van der Waals surface area contributed by atoms with Crippen molar-refractivity contribution in [3.63, 3.8) is 0 Å². The SMILES string of the molecule is O=C1CSC(=S)N1.O=Cc1ccccc1. The number of nitrogens with one attached hydrogen (secondary N) is 1. The van der Waals surface area contributed by atoms with Crippen molar-refractivity contribution in [3.05, 3.63) is 35.9 Å². The number of rotatable bonds is 1. The largest absolute Gasteiger partial charge is 0.311 e. The highest BCUT2D eigenvalue weighted by Gasteiger charge is 2.13. The number of thiocarbonyl (C=S) groups is 1. The van der Waals surface area contributed by atoms with Crippen LogP contribution in [0.5, 0.6) is 0 Å². The van der Waals surface area contributed by atoms with E-state index in [2.05, 4.69) is 17.5 Å². The second kappa shape index (κ2) is 6.31. The van der Waals surface area contributed by atoms with Crippen molar-refractivity contribution in [1.82, 2.24) is 5.32 Å². The van der Waals surface area contributed by atoms with E-state index in [1.54, 1.807) is 12.1 Å².